The van der Waals surface area contributed by atoms with E-state index in [4.69, 9.17) is 9.72 Å². The summed E-state index contributed by atoms with van der Waals surface area (Å²) in [6.07, 6.45) is 2.36. The van der Waals surface area contributed by atoms with Crippen LogP contribution in [0.5, 0.6) is 0 Å². The van der Waals surface area contributed by atoms with Crippen molar-refractivity contribution < 1.29 is 4.74 Å². The summed E-state index contributed by atoms with van der Waals surface area (Å²) >= 11 is 1.76. The Bertz CT molecular complexity index is 435. The minimum absolute atomic E-state index is 0.00984. The topological polar surface area (TPSA) is 37.4 Å². The van der Waals surface area contributed by atoms with Crippen LogP contribution in [0, 0.1) is 5.92 Å². The highest BCUT2D eigenvalue weighted by Gasteiger charge is 2.30. The molecule has 0 radical (unpaired) electrons. The summed E-state index contributed by atoms with van der Waals surface area (Å²) in [7, 11) is 1.82. The van der Waals surface area contributed by atoms with Crippen molar-refractivity contribution in [2.24, 2.45) is 5.92 Å². The summed E-state index contributed by atoms with van der Waals surface area (Å²) in [4.78, 5) is 7.21. The van der Waals surface area contributed by atoms with Crippen LogP contribution in [0.4, 0.5) is 0 Å². The van der Waals surface area contributed by atoms with Crippen molar-refractivity contribution in [1.29, 1.82) is 0 Å². The van der Waals surface area contributed by atoms with Gasteiger partial charge in [-0.05, 0) is 38.8 Å². The molecule has 1 fully saturated rings. The molecule has 0 bridgehead atoms. The molecule has 4 nitrogen and oxygen atoms in total. The monoisotopic (exact) mass is 311 g/mol. The minimum Gasteiger partial charge on any atom is -0.377 e. The van der Waals surface area contributed by atoms with Crippen molar-refractivity contribution >= 4 is 11.3 Å². The maximum absolute atomic E-state index is 5.66. The van der Waals surface area contributed by atoms with Crippen LogP contribution in [0.2, 0.25) is 0 Å². The Morgan fingerprint density at radius 1 is 1.52 bits per heavy atom. The highest BCUT2D eigenvalue weighted by Crippen LogP contribution is 2.25. The van der Waals surface area contributed by atoms with Crippen molar-refractivity contribution in [1.82, 2.24) is 15.2 Å². The van der Waals surface area contributed by atoms with Gasteiger partial charge in [-0.15, -0.1) is 11.3 Å². The number of methoxy groups -OCH3 is 1. The number of hydrogen-bond acceptors (Lipinski definition) is 5. The van der Waals surface area contributed by atoms with E-state index in [0.717, 1.165) is 39.1 Å². The molecule has 21 heavy (non-hydrogen) atoms. The van der Waals surface area contributed by atoms with Crippen LogP contribution >= 0.6 is 11.3 Å². The summed E-state index contributed by atoms with van der Waals surface area (Å²) < 4.78 is 5.66. The second kappa shape index (κ2) is 7.68. The Morgan fingerprint density at radius 3 is 3.05 bits per heavy atom. The molecule has 1 aliphatic heterocycles. The highest BCUT2D eigenvalue weighted by molar-refractivity contribution is 7.09. The van der Waals surface area contributed by atoms with Crippen molar-refractivity contribution in [3.05, 3.63) is 16.1 Å². The van der Waals surface area contributed by atoms with Gasteiger partial charge < -0.3 is 10.1 Å². The number of ether oxygens (including phenoxy) is 1. The third-order valence-corrected chi connectivity index (χ3v) is 4.94. The molecule has 1 aromatic heterocycles. The molecule has 0 aromatic carbocycles. The van der Waals surface area contributed by atoms with Crippen LogP contribution in [0.15, 0.2) is 5.38 Å². The van der Waals surface area contributed by atoms with E-state index >= 15 is 0 Å². The molecule has 1 saturated heterocycles. The van der Waals surface area contributed by atoms with E-state index < -0.39 is 0 Å². The predicted molar refractivity (Wildman–Crippen MR) is 88.6 cm³/mol. The van der Waals surface area contributed by atoms with Gasteiger partial charge in [0.1, 0.15) is 5.01 Å². The van der Waals surface area contributed by atoms with Gasteiger partial charge in [0, 0.05) is 32.1 Å². The molecular weight excluding hydrogens is 282 g/mol. The van der Waals surface area contributed by atoms with Gasteiger partial charge in [0.25, 0.3) is 0 Å². The zero-order valence-electron chi connectivity index (χ0n) is 13.8. The molecule has 1 aromatic rings. The lowest BCUT2D eigenvalue weighted by atomic mass is 9.95. The fourth-order valence-corrected chi connectivity index (χ4v) is 3.56. The summed E-state index contributed by atoms with van der Waals surface area (Å²) in [6, 6.07) is 0. The second-order valence-electron chi connectivity index (χ2n) is 6.73. The predicted octanol–water partition coefficient (Wildman–Crippen LogP) is 2.89. The van der Waals surface area contributed by atoms with E-state index in [2.05, 4.69) is 36.4 Å². The normalized spacial score (nSPS) is 23.9. The van der Waals surface area contributed by atoms with Gasteiger partial charge in [0.2, 0.25) is 0 Å². The van der Waals surface area contributed by atoms with Crippen molar-refractivity contribution in [2.75, 3.05) is 26.7 Å². The lowest BCUT2D eigenvalue weighted by molar-refractivity contribution is -0.0529. The molecule has 5 heteroatoms. The van der Waals surface area contributed by atoms with Gasteiger partial charge in [-0.3, -0.25) is 4.90 Å². The average molecular weight is 311 g/mol. The first-order chi connectivity index (χ1) is 10.0. The van der Waals surface area contributed by atoms with E-state index in [9.17, 15) is 0 Å². The van der Waals surface area contributed by atoms with Crippen LogP contribution < -0.4 is 5.32 Å². The van der Waals surface area contributed by atoms with E-state index in [-0.39, 0.29) is 5.60 Å². The number of hydrogen-bond donors (Lipinski definition) is 1. The number of rotatable bonds is 7. The summed E-state index contributed by atoms with van der Waals surface area (Å²) in [5, 5.41) is 6.85. The standard InChI is InChI=1S/C16H29N3OS/c1-13(2)8-17-9-15-18-14(11-21-15)10-19-7-5-6-16(3,12-19)20-4/h11,13,17H,5-10,12H2,1-4H3. The first kappa shape index (κ1) is 16.9. The molecule has 1 unspecified atom stereocenters. The van der Waals surface area contributed by atoms with E-state index in [1.165, 1.54) is 17.1 Å². The molecule has 0 aliphatic carbocycles. The Morgan fingerprint density at radius 2 is 2.33 bits per heavy atom. The maximum Gasteiger partial charge on any atom is 0.107 e. The van der Waals surface area contributed by atoms with Gasteiger partial charge in [0.05, 0.1) is 11.3 Å². The molecule has 1 N–H and O–H groups in total. The second-order valence-corrected chi connectivity index (χ2v) is 7.67. The summed E-state index contributed by atoms with van der Waals surface area (Å²) in [5.74, 6) is 0.685. The van der Waals surface area contributed by atoms with E-state index in [1.54, 1.807) is 11.3 Å². The molecule has 0 spiro atoms. The zero-order chi connectivity index (χ0) is 15.3. The van der Waals surface area contributed by atoms with Crippen LogP contribution in [0.3, 0.4) is 0 Å². The summed E-state index contributed by atoms with van der Waals surface area (Å²) in [5.41, 5.74) is 1.21. The quantitative estimate of drug-likeness (QED) is 0.840. The molecule has 1 atom stereocenters. The number of thiazole rings is 1. The fraction of sp³-hybridized carbons (Fsp3) is 0.812. The van der Waals surface area contributed by atoms with Crippen LogP contribution in [-0.2, 0) is 17.8 Å². The lowest BCUT2D eigenvalue weighted by Gasteiger charge is -2.39. The first-order valence-corrected chi connectivity index (χ1v) is 8.80. The number of nitrogens with one attached hydrogen (secondary N) is 1. The van der Waals surface area contributed by atoms with Gasteiger partial charge in [-0.2, -0.15) is 0 Å². The lowest BCUT2D eigenvalue weighted by Crippen LogP contribution is -2.46. The van der Waals surface area contributed by atoms with Crippen LogP contribution in [0.25, 0.3) is 0 Å². The zero-order valence-corrected chi connectivity index (χ0v) is 14.6. The van der Waals surface area contributed by atoms with Gasteiger partial charge in [-0.25, -0.2) is 4.98 Å². The Balaban J connectivity index is 1.82. The van der Waals surface area contributed by atoms with Gasteiger partial charge >= 0.3 is 0 Å². The SMILES string of the molecule is COC1(C)CCCN(Cc2csc(CNCC(C)C)n2)C1. The third kappa shape index (κ3) is 5.33. The number of nitrogens with zero attached hydrogens (tertiary/aromatic N) is 2. The summed E-state index contributed by atoms with van der Waals surface area (Å²) in [6.45, 7) is 11.7. The molecule has 0 saturated carbocycles. The van der Waals surface area contributed by atoms with E-state index in [0.29, 0.717) is 5.92 Å². The van der Waals surface area contributed by atoms with Gasteiger partial charge in [-0.1, -0.05) is 13.8 Å². The van der Waals surface area contributed by atoms with Crippen LogP contribution in [-0.4, -0.2) is 42.2 Å². The van der Waals surface area contributed by atoms with Gasteiger partial charge in [0.15, 0.2) is 0 Å². The smallest absolute Gasteiger partial charge is 0.107 e. The molecular formula is C16H29N3OS. The molecule has 2 heterocycles. The highest BCUT2D eigenvalue weighted by atomic mass is 32.1. The largest absolute Gasteiger partial charge is 0.377 e. The third-order valence-electron chi connectivity index (χ3n) is 4.04. The van der Waals surface area contributed by atoms with Crippen molar-refractivity contribution in [3.63, 3.8) is 0 Å². The number of aromatic nitrogens is 1. The van der Waals surface area contributed by atoms with Crippen LogP contribution in [0.1, 0.15) is 44.3 Å². The Hall–Kier alpha value is -0.490. The minimum atomic E-state index is 0.00984. The number of piperidine rings is 1. The first-order valence-electron chi connectivity index (χ1n) is 7.92. The average Bonchev–Trinajstić information content (AvgIpc) is 2.86. The molecule has 120 valence electrons. The van der Waals surface area contributed by atoms with E-state index in [1.807, 2.05) is 7.11 Å². The molecule has 0 amide bonds. The van der Waals surface area contributed by atoms with Crippen molar-refractivity contribution in [2.45, 2.75) is 52.3 Å². The number of likely N-dealkylation sites (tertiary alicyclic amines) is 1. The molecule has 1 aliphatic rings. The molecule has 2 rings (SSSR count). The maximum atomic E-state index is 5.66. The Labute approximate surface area is 132 Å². The Kier molecular flexibility index (Phi) is 6.17. The van der Waals surface area contributed by atoms with Crippen molar-refractivity contribution in [3.8, 4) is 0 Å². The fourth-order valence-electron chi connectivity index (χ4n) is 2.81.